The lowest BCUT2D eigenvalue weighted by molar-refractivity contribution is 0.463. The van der Waals surface area contributed by atoms with Gasteiger partial charge in [-0.05, 0) is 24.6 Å². The third-order valence-electron chi connectivity index (χ3n) is 5.05. The third-order valence-corrected chi connectivity index (χ3v) is 5.05. The Labute approximate surface area is 176 Å². The smallest absolute Gasteiger partial charge is 0.194 e. The highest BCUT2D eigenvalue weighted by atomic mass is 15.3. The second-order valence-corrected chi connectivity index (χ2v) is 7.21. The van der Waals surface area contributed by atoms with E-state index < -0.39 is 0 Å². The highest BCUT2D eigenvalue weighted by molar-refractivity contribution is 5.80. The Morgan fingerprint density at radius 3 is 2.67 bits per heavy atom. The molecule has 7 nitrogen and oxygen atoms in total. The van der Waals surface area contributed by atoms with Crippen molar-refractivity contribution in [2.45, 2.75) is 20.0 Å². The topological polar surface area (TPSA) is 74.1 Å². The zero-order chi connectivity index (χ0) is 20.9. The van der Waals surface area contributed by atoms with Gasteiger partial charge in [0.05, 0.1) is 29.5 Å². The van der Waals surface area contributed by atoms with Gasteiger partial charge >= 0.3 is 0 Å². The summed E-state index contributed by atoms with van der Waals surface area (Å²) in [5.41, 5.74) is 4.25. The summed E-state index contributed by atoms with van der Waals surface area (Å²) in [6, 6.07) is 18.4. The van der Waals surface area contributed by atoms with E-state index in [-0.39, 0.29) is 0 Å². The molecule has 0 bridgehead atoms. The molecule has 0 aliphatic rings. The molecule has 4 rings (SSSR count). The van der Waals surface area contributed by atoms with Gasteiger partial charge in [0.25, 0.3) is 0 Å². The van der Waals surface area contributed by atoms with E-state index in [1.807, 2.05) is 56.7 Å². The van der Waals surface area contributed by atoms with Crippen molar-refractivity contribution in [3.63, 3.8) is 0 Å². The molecular formula is C23H27N7. The van der Waals surface area contributed by atoms with Gasteiger partial charge in [0, 0.05) is 20.6 Å². The van der Waals surface area contributed by atoms with Crippen LogP contribution in [0.3, 0.4) is 0 Å². The Morgan fingerprint density at radius 1 is 1.13 bits per heavy atom. The molecule has 0 saturated carbocycles. The molecule has 7 heteroatoms. The van der Waals surface area contributed by atoms with Gasteiger partial charge in [0.2, 0.25) is 0 Å². The van der Waals surface area contributed by atoms with Crippen LogP contribution in [0.1, 0.15) is 18.6 Å². The number of hydrogen-bond donors (Lipinski definition) is 2. The number of hydrogen-bond acceptors (Lipinski definition) is 3. The zero-order valence-corrected chi connectivity index (χ0v) is 17.6. The second kappa shape index (κ2) is 8.82. The van der Waals surface area contributed by atoms with E-state index >= 15 is 0 Å². The van der Waals surface area contributed by atoms with Crippen molar-refractivity contribution in [3.05, 3.63) is 72.4 Å². The van der Waals surface area contributed by atoms with Crippen LogP contribution in [0.25, 0.3) is 22.3 Å². The molecule has 4 aromatic rings. The second-order valence-electron chi connectivity index (χ2n) is 7.21. The number of benzene rings is 2. The van der Waals surface area contributed by atoms with Gasteiger partial charge in [-0.15, -0.1) is 0 Å². The van der Waals surface area contributed by atoms with Crippen LogP contribution in [0, 0.1) is 0 Å². The van der Waals surface area contributed by atoms with Crippen LogP contribution in [-0.2, 0) is 20.1 Å². The van der Waals surface area contributed by atoms with Crippen molar-refractivity contribution in [2.24, 2.45) is 12.0 Å². The fourth-order valence-corrected chi connectivity index (χ4v) is 3.46. The maximum atomic E-state index is 4.81. The molecule has 2 N–H and O–H groups in total. The summed E-state index contributed by atoms with van der Waals surface area (Å²) >= 11 is 0. The fraction of sp³-hybridized carbons (Fsp3) is 0.261. The molecule has 30 heavy (non-hydrogen) atoms. The van der Waals surface area contributed by atoms with Crippen LogP contribution < -0.4 is 5.32 Å². The number of imidazole rings is 2. The molecule has 0 fully saturated rings. The van der Waals surface area contributed by atoms with Crippen molar-refractivity contribution in [2.75, 3.05) is 13.6 Å². The molecule has 0 unspecified atom stereocenters. The van der Waals surface area contributed by atoms with Crippen molar-refractivity contribution in [3.8, 4) is 11.3 Å². The summed E-state index contributed by atoms with van der Waals surface area (Å²) in [6.45, 7) is 3.99. The average Bonchev–Trinajstić information content (AvgIpc) is 3.36. The minimum atomic E-state index is 0.505. The zero-order valence-electron chi connectivity index (χ0n) is 17.6. The molecule has 0 amide bonds. The van der Waals surface area contributed by atoms with E-state index in [1.54, 1.807) is 0 Å². The monoisotopic (exact) mass is 401 g/mol. The lowest BCUT2D eigenvalue weighted by Crippen LogP contribution is -2.38. The first kappa shape index (κ1) is 19.7. The van der Waals surface area contributed by atoms with Gasteiger partial charge in [-0.25, -0.2) is 15.0 Å². The lowest BCUT2D eigenvalue weighted by Gasteiger charge is -2.21. The number of nitrogens with zero attached hydrogens (tertiary/aromatic N) is 5. The van der Waals surface area contributed by atoms with E-state index in [4.69, 9.17) is 9.98 Å². The molecule has 0 spiro atoms. The number of nitrogens with one attached hydrogen (secondary N) is 2. The molecule has 0 saturated heterocycles. The van der Waals surface area contributed by atoms with Crippen molar-refractivity contribution in [1.82, 2.24) is 29.7 Å². The molecule has 0 radical (unpaired) electrons. The number of aliphatic imine (C=N–C) groups is 1. The first-order valence-electron chi connectivity index (χ1n) is 10.1. The summed E-state index contributed by atoms with van der Waals surface area (Å²) < 4.78 is 2.10. The number of aromatic nitrogens is 4. The number of para-hydroxylation sites is 2. The Morgan fingerprint density at radius 2 is 1.90 bits per heavy atom. The number of aryl methyl sites for hydroxylation is 1. The summed E-state index contributed by atoms with van der Waals surface area (Å²) in [5.74, 6) is 2.65. The SMILES string of the molecule is CCNC(=NCc1nc2ccccc2n1C)N(C)Cc1ncc(-c2ccccc2)[nH]1. The minimum absolute atomic E-state index is 0.505. The summed E-state index contributed by atoms with van der Waals surface area (Å²) in [7, 11) is 4.05. The van der Waals surface area contributed by atoms with E-state index in [0.717, 1.165) is 46.4 Å². The van der Waals surface area contributed by atoms with E-state index in [1.165, 1.54) is 0 Å². The van der Waals surface area contributed by atoms with Gasteiger partial charge in [0.1, 0.15) is 18.2 Å². The molecule has 0 aliphatic carbocycles. The van der Waals surface area contributed by atoms with Gasteiger partial charge < -0.3 is 19.8 Å². The molecular weight excluding hydrogens is 374 g/mol. The molecule has 2 aromatic carbocycles. The maximum absolute atomic E-state index is 4.81. The predicted molar refractivity (Wildman–Crippen MR) is 121 cm³/mol. The first-order valence-corrected chi connectivity index (χ1v) is 10.1. The van der Waals surface area contributed by atoms with E-state index in [0.29, 0.717) is 13.1 Å². The van der Waals surface area contributed by atoms with Gasteiger partial charge in [0.15, 0.2) is 5.96 Å². The van der Waals surface area contributed by atoms with Crippen molar-refractivity contribution in [1.29, 1.82) is 0 Å². The van der Waals surface area contributed by atoms with Crippen LogP contribution in [0.2, 0.25) is 0 Å². The highest BCUT2D eigenvalue weighted by Gasteiger charge is 2.11. The van der Waals surface area contributed by atoms with E-state index in [2.05, 4.69) is 49.9 Å². The minimum Gasteiger partial charge on any atom is -0.357 e. The Bertz CT molecular complexity index is 1140. The molecule has 2 heterocycles. The lowest BCUT2D eigenvalue weighted by atomic mass is 10.2. The first-order chi connectivity index (χ1) is 14.7. The van der Waals surface area contributed by atoms with Crippen LogP contribution in [-0.4, -0.2) is 44.0 Å². The third kappa shape index (κ3) is 4.20. The Balaban J connectivity index is 1.49. The molecule has 0 atom stereocenters. The highest BCUT2D eigenvalue weighted by Crippen LogP contribution is 2.17. The van der Waals surface area contributed by atoms with Crippen LogP contribution in [0.4, 0.5) is 0 Å². The van der Waals surface area contributed by atoms with Crippen LogP contribution in [0.15, 0.2) is 65.8 Å². The normalized spacial score (nSPS) is 11.8. The Kier molecular flexibility index (Phi) is 5.79. The van der Waals surface area contributed by atoms with Crippen LogP contribution >= 0.6 is 0 Å². The average molecular weight is 402 g/mol. The van der Waals surface area contributed by atoms with Gasteiger partial charge in [-0.1, -0.05) is 42.5 Å². The maximum Gasteiger partial charge on any atom is 0.194 e. The standard InChI is InChI=1S/C23H27N7/c1-4-24-23(26-15-22-28-18-12-8-9-13-20(18)30(22)3)29(2)16-21-25-14-19(27-21)17-10-6-5-7-11-17/h5-14H,4,15-16H2,1-3H3,(H,24,26)(H,25,27). The quantitative estimate of drug-likeness (QED) is 0.383. The van der Waals surface area contributed by atoms with Gasteiger partial charge in [-0.2, -0.15) is 0 Å². The van der Waals surface area contributed by atoms with Crippen LogP contribution in [0.5, 0.6) is 0 Å². The summed E-state index contributed by atoms with van der Waals surface area (Å²) in [4.78, 5) is 19.5. The molecule has 0 aliphatic heterocycles. The molecule has 2 aromatic heterocycles. The Hall–Kier alpha value is -3.61. The summed E-state index contributed by atoms with van der Waals surface area (Å²) in [6.07, 6.45) is 1.88. The van der Waals surface area contributed by atoms with Gasteiger partial charge in [-0.3, -0.25) is 0 Å². The number of rotatable bonds is 6. The number of guanidine groups is 1. The largest absolute Gasteiger partial charge is 0.357 e. The summed E-state index contributed by atoms with van der Waals surface area (Å²) in [5, 5.41) is 3.36. The van der Waals surface area contributed by atoms with Crippen molar-refractivity contribution < 1.29 is 0 Å². The number of fused-ring (bicyclic) bond motifs is 1. The number of aromatic amines is 1. The van der Waals surface area contributed by atoms with Crippen molar-refractivity contribution >= 4 is 17.0 Å². The predicted octanol–water partition coefficient (Wildman–Crippen LogP) is 3.56. The number of H-pyrrole nitrogens is 1. The molecule has 154 valence electrons. The van der Waals surface area contributed by atoms with E-state index in [9.17, 15) is 0 Å². The fourth-order valence-electron chi connectivity index (χ4n) is 3.46.